The average Bonchev–Trinajstić information content (AvgIpc) is 3.45. The van der Waals surface area contributed by atoms with Crippen LogP contribution >= 0.6 is 11.6 Å². The molecular formula is C23H29ClN6O6. The largest absolute Gasteiger partial charge is 0.394 e. The number of carbonyl (C=O) groups excluding carboxylic acids is 1. The van der Waals surface area contributed by atoms with Crippen LogP contribution in [0.3, 0.4) is 0 Å². The summed E-state index contributed by atoms with van der Waals surface area (Å²) >= 11 is 5.84. The predicted octanol–water partition coefficient (Wildman–Crippen LogP) is 0.0908. The fourth-order valence-electron chi connectivity index (χ4n) is 5.01. The van der Waals surface area contributed by atoms with Gasteiger partial charge >= 0.3 is 0 Å². The molecular weight excluding hydrogens is 492 g/mol. The number of allylic oxidation sites excluding steroid dienone is 2. The third-order valence-corrected chi connectivity index (χ3v) is 7.36. The van der Waals surface area contributed by atoms with Crippen LogP contribution in [-0.2, 0) is 9.53 Å². The van der Waals surface area contributed by atoms with Crippen molar-refractivity contribution in [2.75, 3.05) is 11.9 Å². The number of carbonyl (C=O) groups is 1. The maximum atomic E-state index is 13.0. The number of hydrogen-bond acceptors (Lipinski definition) is 10. The van der Waals surface area contributed by atoms with Crippen molar-refractivity contribution in [1.29, 1.82) is 0 Å². The molecule has 1 amide bonds. The van der Waals surface area contributed by atoms with Crippen LogP contribution in [0.25, 0.3) is 11.2 Å². The smallest absolute Gasteiger partial charge is 0.250 e. The number of amides is 1. The first kappa shape index (κ1) is 25.1. The van der Waals surface area contributed by atoms with E-state index in [0.29, 0.717) is 23.0 Å². The van der Waals surface area contributed by atoms with Gasteiger partial charge in [0.2, 0.25) is 5.91 Å². The minimum atomic E-state index is -1.54. The Balaban J connectivity index is 1.42. The first-order valence-corrected chi connectivity index (χ1v) is 12.4. The Morgan fingerprint density at radius 2 is 1.89 bits per heavy atom. The van der Waals surface area contributed by atoms with Crippen LogP contribution in [0.5, 0.6) is 0 Å². The number of nitrogens with zero attached hydrogens (tertiary/aromatic N) is 4. The van der Waals surface area contributed by atoms with Crippen LogP contribution in [0.4, 0.5) is 5.82 Å². The highest BCUT2D eigenvalue weighted by molar-refractivity contribution is 6.30. The number of hydrogen-bond donors (Lipinski definition) is 6. The molecule has 194 valence electrons. The molecule has 2 aromatic heterocycles. The molecule has 0 radical (unpaired) electrons. The second-order valence-electron chi connectivity index (χ2n) is 9.33. The highest BCUT2D eigenvalue weighted by Gasteiger charge is 2.46. The first-order valence-electron chi connectivity index (χ1n) is 12.0. The van der Waals surface area contributed by atoms with Crippen LogP contribution in [0, 0.1) is 0 Å². The number of aliphatic hydroxyl groups is 4. The Labute approximate surface area is 211 Å². The zero-order valence-electron chi connectivity index (χ0n) is 19.4. The van der Waals surface area contributed by atoms with Crippen molar-refractivity contribution in [1.82, 2.24) is 24.8 Å². The summed E-state index contributed by atoms with van der Waals surface area (Å²) in [5.41, 5.74) is 0.828. The summed E-state index contributed by atoms with van der Waals surface area (Å²) < 4.78 is 7.47. The maximum Gasteiger partial charge on any atom is 0.250 e. The monoisotopic (exact) mass is 520 g/mol. The molecule has 0 aromatic carbocycles. The van der Waals surface area contributed by atoms with Gasteiger partial charge < -0.3 is 35.8 Å². The summed E-state index contributed by atoms with van der Waals surface area (Å²) in [5, 5.41) is 47.0. The molecule has 13 heteroatoms. The van der Waals surface area contributed by atoms with Crippen molar-refractivity contribution < 1.29 is 30.0 Å². The van der Waals surface area contributed by atoms with Gasteiger partial charge in [0.15, 0.2) is 23.2 Å². The summed E-state index contributed by atoms with van der Waals surface area (Å²) in [6.07, 6.45) is 4.97. The summed E-state index contributed by atoms with van der Waals surface area (Å²) in [5.74, 6) is -0.131. The molecule has 1 saturated carbocycles. The van der Waals surface area contributed by atoms with E-state index in [0.717, 1.165) is 25.7 Å². The fraction of sp³-hybridized carbons (Fsp3) is 0.565. The Bertz CT molecular complexity index is 1180. The Hall–Kier alpha value is -2.61. The maximum absolute atomic E-state index is 13.0. The number of aliphatic hydroxyl groups excluding tert-OH is 4. The van der Waals surface area contributed by atoms with Gasteiger partial charge in [-0.3, -0.25) is 9.36 Å². The summed E-state index contributed by atoms with van der Waals surface area (Å²) in [7, 11) is 0. The zero-order valence-corrected chi connectivity index (χ0v) is 20.1. The topological polar surface area (TPSA) is 175 Å². The van der Waals surface area contributed by atoms with E-state index in [4.69, 9.17) is 16.3 Å². The van der Waals surface area contributed by atoms with E-state index in [9.17, 15) is 25.2 Å². The second kappa shape index (κ2) is 10.4. The molecule has 6 atom stereocenters. The van der Waals surface area contributed by atoms with E-state index in [1.165, 1.54) is 31.2 Å². The second-order valence-corrected chi connectivity index (χ2v) is 9.76. The van der Waals surface area contributed by atoms with E-state index in [1.54, 1.807) is 4.57 Å². The van der Waals surface area contributed by atoms with Crippen molar-refractivity contribution in [3.63, 3.8) is 0 Å². The number of nitrogens with one attached hydrogen (secondary N) is 2. The van der Waals surface area contributed by atoms with Crippen molar-refractivity contribution in [3.8, 4) is 0 Å². The quantitative estimate of drug-likeness (QED) is 0.306. The van der Waals surface area contributed by atoms with Crippen LogP contribution < -0.4 is 10.6 Å². The van der Waals surface area contributed by atoms with Gasteiger partial charge in [-0.1, -0.05) is 30.9 Å². The number of halogens is 1. The molecule has 12 nitrogen and oxygen atoms in total. The fourth-order valence-corrected chi connectivity index (χ4v) is 5.19. The Morgan fingerprint density at radius 3 is 2.64 bits per heavy atom. The van der Waals surface area contributed by atoms with Crippen molar-refractivity contribution in [2.45, 2.75) is 74.8 Å². The van der Waals surface area contributed by atoms with Gasteiger partial charge in [-0.25, -0.2) is 15.0 Å². The van der Waals surface area contributed by atoms with E-state index in [-0.39, 0.29) is 10.6 Å². The molecule has 1 aliphatic heterocycles. The summed E-state index contributed by atoms with van der Waals surface area (Å²) in [4.78, 5) is 26.2. The highest BCUT2D eigenvalue weighted by atomic mass is 35.5. The van der Waals surface area contributed by atoms with E-state index >= 15 is 0 Å². The van der Waals surface area contributed by atoms with Crippen molar-refractivity contribution in [2.24, 2.45) is 0 Å². The molecule has 3 heterocycles. The van der Waals surface area contributed by atoms with Gasteiger partial charge in [0, 0.05) is 16.6 Å². The lowest BCUT2D eigenvalue weighted by Crippen LogP contribution is -2.49. The summed E-state index contributed by atoms with van der Waals surface area (Å²) in [6, 6.07) is -0.728. The van der Waals surface area contributed by atoms with Crippen molar-refractivity contribution in [3.05, 3.63) is 35.4 Å². The van der Waals surface area contributed by atoms with E-state index in [2.05, 4.69) is 25.6 Å². The number of imidazole rings is 1. The van der Waals surface area contributed by atoms with Crippen LogP contribution in [0.1, 0.15) is 38.3 Å². The molecule has 6 N–H and O–H groups in total. The lowest BCUT2D eigenvalue weighted by Gasteiger charge is -2.27. The van der Waals surface area contributed by atoms with Crippen LogP contribution in [0.15, 0.2) is 35.4 Å². The predicted molar refractivity (Wildman–Crippen MR) is 129 cm³/mol. The Kier molecular flexibility index (Phi) is 7.24. The third-order valence-electron chi connectivity index (χ3n) is 7.01. The van der Waals surface area contributed by atoms with Gasteiger partial charge in [0.1, 0.15) is 36.8 Å². The van der Waals surface area contributed by atoms with Crippen LogP contribution in [0.2, 0.25) is 0 Å². The number of fused-ring (bicyclic) bond motifs is 1. The lowest BCUT2D eigenvalue weighted by atomic mass is 9.95. The minimum absolute atomic E-state index is 0.00344. The first-order chi connectivity index (χ1) is 17.4. The van der Waals surface area contributed by atoms with Gasteiger partial charge in [-0.15, -0.1) is 0 Å². The summed E-state index contributed by atoms with van der Waals surface area (Å²) in [6.45, 7) is -0.484. The molecule has 2 fully saturated rings. The number of anilines is 1. The van der Waals surface area contributed by atoms with E-state index in [1.807, 2.05) is 0 Å². The minimum Gasteiger partial charge on any atom is -0.394 e. The highest BCUT2D eigenvalue weighted by Crippen LogP contribution is 2.33. The van der Waals surface area contributed by atoms with Crippen LogP contribution in [-0.4, -0.2) is 89.0 Å². The molecule has 2 aliphatic carbocycles. The van der Waals surface area contributed by atoms with Gasteiger partial charge in [0.25, 0.3) is 0 Å². The van der Waals surface area contributed by atoms with Gasteiger partial charge in [-0.05, 0) is 25.0 Å². The van der Waals surface area contributed by atoms with E-state index < -0.39 is 49.2 Å². The van der Waals surface area contributed by atoms with Gasteiger partial charge in [-0.2, -0.15) is 0 Å². The molecule has 1 saturated heterocycles. The molecule has 2 aromatic rings. The lowest BCUT2D eigenvalue weighted by molar-refractivity contribution is -0.121. The molecule has 3 aliphatic rings. The molecule has 0 spiro atoms. The standard InChI is InChI=1S/C23H29ClN6O6/c24-13-7-6-12(17(32)18(13)33)22(35)29-15-19(34)14(8-31)36-23(15)30-10-27-16-20(25-9-26-21(16)30)28-11-4-2-1-3-5-11/h6-7,9-11,14-15,17-19,23,31-34H,1-5,8H2,(H,29,35)(H,25,26,28)/t14-,15-,17?,18?,19-,23-/m1/s1. The normalized spacial score (nSPS) is 31.2. The van der Waals surface area contributed by atoms with Gasteiger partial charge in [0.05, 0.1) is 12.9 Å². The van der Waals surface area contributed by atoms with Crippen molar-refractivity contribution >= 4 is 34.5 Å². The Morgan fingerprint density at radius 1 is 1.11 bits per heavy atom. The third kappa shape index (κ3) is 4.60. The molecule has 0 bridgehead atoms. The SMILES string of the molecule is O=C(N[C@@H]1[C@H](O)[C@@H](CO)O[C@H]1n1cnc2c(NC3CCCCC3)ncnc21)C1=CC=C(Cl)C(O)C1O. The molecule has 2 unspecified atom stereocenters. The number of aromatic nitrogens is 4. The number of ether oxygens (including phenoxy) is 1. The average molecular weight is 521 g/mol. The molecule has 5 rings (SSSR count). The zero-order chi connectivity index (χ0) is 25.4. The molecule has 36 heavy (non-hydrogen) atoms. The number of rotatable bonds is 6.